The number of rotatable bonds is 8. The maximum absolute atomic E-state index is 8.94. The lowest BCUT2D eigenvalue weighted by molar-refractivity contribution is 0.433. The smallest absolute Gasteiger partial charge is 0.191 e. The topological polar surface area (TPSA) is 80.5 Å². The molecule has 0 atom stereocenters. The van der Waals surface area contributed by atoms with E-state index in [2.05, 4.69) is 27.8 Å². The first-order valence-corrected chi connectivity index (χ1v) is 7.69. The van der Waals surface area contributed by atoms with Crippen LogP contribution >= 0.6 is 11.8 Å². The molecule has 5 nitrogen and oxygen atoms in total. The quantitative estimate of drug-likeness (QED) is 0.585. The zero-order valence-corrected chi connectivity index (χ0v) is 12.8. The molecule has 106 valence electrons. The zero-order chi connectivity index (χ0) is 14.3. The van der Waals surface area contributed by atoms with Crippen LogP contribution in [-0.2, 0) is 13.1 Å². The molecule has 6 heteroatoms. The van der Waals surface area contributed by atoms with Crippen LogP contribution in [-0.4, -0.2) is 20.5 Å². The van der Waals surface area contributed by atoms with Crippen LogP contribution in [0.2, 0.25) is 0 Å². The van der Waals surface area contributed by atoms with Crippen molar-refractivity contribution in [3.63, 3.8) is 0 Å². The summed E-state index contributed by atoms with van der Waals surface area (Å²) in [6, 6.07) is 2.33. The molecule has 2 N–H and O–H groups in total. The van der Waals surface area contributed by atoms with Gasteiger partial charge in [-0.05, 0) is 33.6 Å². The first kappa shape index (κ1) is 16.0. The summed E-state index contributed by atoms with van der Waals surface area (Å²) in [4.78, 5) is 0. The Labute approximate surface area is 119 Å². The van der Waals surface area contributed by atoms with E-state index in [9.17, 15) is 0 Å². The normalized spacial score (nSPS) is 11.5. The molecule has 1 aromatic heterocycles. The summed E-state index contributed by atoms with van der Waals surface area (Å²) in [6.07, 6.45) is 3.10. The SMILES string of the molecule is CCn1c(CN)nnc1SCCCCC(C)(C)C#N. The van der Waals surface area contributed by atoms with Crippen LogP contribution in [0.25, 0.3) is 0 Å². The van der Waals surface area contributed by atoms with Crippen LogP contribution in [0.5, 0.6) is 0 Å². The second-order valence-electron chi connectivity index (χ2n) is 5.15. The van der Waals surface area contributed by atoms with Crippen LogP contribution in [0, 0.1) is 16.7 Å². The van der Waals surface area contributed by atoms with Gasteiger partial charge in [0.25, 0.3) is 0 Å². The van der Waals surface area contributed by atoms with Crippen molar-refractivity contribution in [2.45, 2.75) is 58.3 Å². The third-order valence-corrected chi connectivity index (χ3v) is 4.08. The highest BCUT2D eigenvalue weighted by Gasteiger charge is 2.15. The molecule has 1 heterocycles. The maximum Gasteiger partial charge on any atom is 0.191 e. The molecule has 1 rings (SSSR count). The minimum absolute atomic E-state index is 0.208. The van der Waals surface area contributed by atoms with Gasteiger partial charge in [-0.25, -0.2) is 0 Å². The van der Waals surface area contributed by atoms with E-state index in [-0.39, 0.29) is 5.41 Å². The summed E-state index contributed by atoms with van der Waals surface area (Å²) < 4.78 is 2.06. The van der Waals surface area contributed by atoms with Crippen molar-refractivity contribution >= 4 is 11.8 Å². The molecule has 19 heavy (non-hydrogen) atoms. The molecule has 0 amide bonds. The zero-order valence-electron chi connectivity index (χ0n) is 12.0. The van der Waals surface area contributed by atoms with Gasteiger partial charge in [0, 0.05) is 12.3 Å². The predicted octanol–water partition coefficient (Wildman–Crippen LogP) is 2.57. The van der Waals surface area contributed by atoms with Crippen molar-refractivity contribution in [2.75, 3.05) is 5.75 Å². The van der Waals surface area contributed by atoms with Gasteiger partial charge in [-0.15, -0.1) is 10.2 Å². The molecule has 1 aromatic rings. The summed E-state index contributed by atoms with van der Waals surface area (Å²) in [7, 11) is 0. The number of hydrogen-bond acceptors (Lipinski definition) is 5. The van der Waals surface area contributed by atoms with Crippen LogP contribution < -0.4 is 5.73 Å². The first-order chi connectivity index (χ1) is 9.04. The summed E-state index contributed by atoms with van der Waals surface area (Å²) in [5.74, 6) is 1.85. The second-order valence-corrected chi connectivity index (χ2v) is 6.21. The monoisotopic (exact) mass is 281 g/mol. The van der Waals surface area contributed by atoms with Gasteiger partial charge in [-0.1, -0.05) is 18.2 Å². The van der Waals surface area contributed by atoms with Gasteiger partial charge in [0.15, 0.2) is 5.16 Å². The molecule has 0 spiro atoms. The minimum atomic E-state index is -0.208. The van der Waals surface area contributed by atoms with Gasteiger partial charge >= 0.3 is 0 Å². The third-order valence-electron chi connectivity index (χ3n) is 3.02. The molecular weight excluding hydrogens is 258 g/mol. The number of nitrogens with two attached hydrogens (primary N) is 1. The number of nitriles is 1. The van der Waals surface area contributed by atoms with Gasteiger partial charge in [-0.3, -0.25) is 0 Å². The Morgan fingerprint density at radius 2 is 2.11 bits per heavy atom. The lowest BCUT2D eigenvalue weighted by atomic mass is 9.89. The fourth-order valence-corrected chi connectivity index (χ4v) is 2.80. The maximum atomic E-state index is 8.94. The van der Waals surface area contributed by atoms with E-state index >= 15 is 0 Å². The summed E-state index contributed by atoms with van der Waals surface area (Å²) in [6.45, 7) is 7.33. The predicted molar refractivity (Wildman–Crippen MR) is 77.6 cm³/mol. The Bertz CT molecular complexity index is 433. The lowest BCUT2D eigenvalue weighted by Gasteiger charge is -2.14. The number of hydrogen-bond donors (Lipinski definition) is 1. The highest BCUT2D eigenvalue weighted by Crippen LogP contribution is 2.24. The Morgan fingerprint density at radius 3 is 2.68 bits per heavy atom. The lowest BCUT2D eigenvalue weighted by Crippen LogP contribution is -2.08. The molecule has 0 aliphatic carbocycles. The number of thioether (sulfide) groups is 1. The third kappa shape index (κ3) is 4.84. The number of nitrogens with zero attached hydrogens (tertiary/aromatic N) is 4. The molecule has 0 radical (unpaired) electrons. The van der Waals surface area contributed by atoms with E-state index < -0.39 is 0 Å². The molecule has 0 unspecified atom stereocenters. The molecular formula is C13H23N5S. The summed E-state index contributed by atoms with van der Waals surface area (Å²) in [5, 5.41) is 18.1. The fraction of sp³-hybridized carbons (Fsp3) is 0.769. The van der Waals surface area contributed by atoms with Crippen molar-refractivity contribution < 1.29 is 0 Å². The molecule has 0 bridgehead atoms. The Balaban J connectivity index is 2.34. The highest BCUT2D eigenvalue weighted by atomic mass is 32.2. The van der Waals surface area contributed by atoms with Gasteiger partial charge in [0.1, 0.15) is 5.82 Å². The van der Waals surface area contributed by atoms with Crippen molar-refractivity contribution in [3.8, 4) is 6.07 Å². The van der Waals surface area contributed by atoms with Crippen LogP contribution in [0.4, 0.5) is 0 Å². The van der Waals surface area contributed by atoms with E-state index in [4.69, 9.17) is 11.0 Å². The molecule has 0 saturated heterocycles. The van der Waals surface area contributed by atoms with Gasteiger partial charge in [0.05, 0.1) is 18.0 Å². The number of aromatic nitrogens is 3. The fourth-order valence-electron chi connectivity index (χ4n) is 1.78. The van der Waals surface area contributed by atoms with Crippen molar-refractivity contribution in [2.24, 2.45) is 11.1 Å². The Hall–Kier alpha value is -1.06. The van der Waals surface area contributed by atoms with Crippen molar-refractivity contribution in [3.05, 3.63) is 5.82 Å². The van der Waals surface area contributed by atoms with E-state index in [1.165, 1.54) is 0 Å². The average molecular weight is 281 g/mol. The standard InChI is InChI=1S/C13H23N5S/c1-4-18-11(9-14)16-17-12(18)19-8-6-5-7-13(2,3)10-15/h4-9,14H2,1-3H3. The van der Waals surface area contributed by atoms with Gasteiger partial charge in [-0.2, -0.15) is 5.26 Å². The molecule has 0 aromatic carbocycles. The van der Waals surface area contributed by atoms with E-state index in [0.717, 1.165) is 42.5 Å². The molecule has 0 fully saturated rings. The van der Waals surface area contributed by atoms with Crippen molar-refractivity contribution in [1.29, 1.82) is 5.26 Å². The van der Waals surface area contributed by atoms with Crippen molar-refractivity contribution in [1.82, 2.24) is 14.8 Å². The summed E-state index contributed by atoms with van der Waals surface area (Å²) in [5.41, 5.74) is 5.41. The minimum Gasteiger partial charge on any atom is -0.324 e. The van der Waals surface area contributed by atoms with Crippen LogP contribution in [0.15, 0.2) is 5.16 Å². The largest absolute Gasteiger partial charge is 0.324 e. The van der Waals surface area contributed by atoms with E-state index in [0.29, 0.717) is 6.54 Å². The molecule has 0 saturated carbocycles. The van der Waals surface area contributed by atoms with E-state index in [1.54, 1.807) is 11.8 Å². The molecule has 0 aliphatic rings. The van der Waals surface area contributed by atoms with Gasteiger partial charge in [0.2, 0.25) is 0 Å². The number of unbranched alkanes of at least 4 members (excludes halogenated alkanes) is 1. The van der Waals surface area contributed by atoms with Gasteiger partial charge < -0.3 is 10.3 Å². The summed E-state index contributed by atoms with van der Waals surface area (Å²) >= 11 is 1.72. The Morgan fingerprint density at radius 1 is 1.37 bits per heavy atom. The highest BCUT2D eigenvalue weighted by molar-refractivity contribution is 7.99. The first-order valence-electron chi connectivity index (χ1n) is 6.70. The van der Waals surface area contributed by atoms with Crippen LogP contribution in [0.1, 0.15) is 45.9 Å². The molecule has 0 aliphatic heterocycles. The Kier molecular flexibility index (Phi) is 6.32. The van der Waals surface area contributed by atoms with E-state index in [1.807, 2.05) is 13.8 Å². The van der Waals surface area contributed by atoms with Crippen LogP contribution in [0.3, 0.4) is 0 Å². The second kappa shape index (κ2) is 7.51. The average Bonchev–Trinajstić information content (AvgIpc) is 2.80.